The molecule has 1 N–H and O–H groups in total. The van der Waals surface area contributed by atoms with Crippen molar-refractivity contribution in [1.82, 2.24) is 0 Å². The quantitative estimate of drug-likeness (QED) is 0.859. The van der Waals surface area contributed by atoms with Crippen LogP contribution in [0, 0.1) is 5.82 Å². The molecule has 0 bridgehead atoms. The van der Waals surface area contributed by atoms with Gasteiger partial charge in [-0.2, -0.15) is 0 Å². The number of hydrogen-bond acceptors (Lipinski definition) is 3. The summed E-state index contributed by atoms with van der Waals surface area (Å²) in [5.74, 6) is 0.0536. The fourth-order valence-corrected chi connectivity index (χ4v) is 1.78. The summed E-state index contributed by atoms with van der Waals surface area (Å²) in [5.41, 5.74) is 0.691. The highest BCUT2D eigenvalue weighted by atomic mass is 19.1. The van der Waals surface area contributed by atoms with Gasteiger partial charge in [0.1, 0.15) is 17.7 Å². The van der Waals surface area contributed by atoms with Crippen molar-refractivity contribution in [3.05, 3.63) is 29.6 Å². The third-order valence-corrected chi connectivity index (χ3v) is 2.80. The molecule has 1 aliphatic carbocycles. The molecule has 0 unspecified atom stereocenters. The van der Waals surface area contributed by atoms with Crippen molar-refractivity contribution in [3.8, 4) is 5.75 Å². The number of ether oxygens (including phenoxy) is 2. The summed E-state index contributed by atoms with van der Waals surface area (Å²) in [7, 11) is 1.48. The van der Waals surface area contributed by atoms with Gasteiger partial charge in [-0.05, 0) is 31.9 Å². The Balaban J connectivity index is 2.26. The average molecular weight is 240 g/mol. The van der Waals surface area contributed by atoms with Crippen molar-refractivity contribution in [2.75, 3.05) is 7.11 Å². The van der Waals surface area contributed by atoms with E-state index in [0.29, 0.717) is 11.3 Å². The first-order valence-corrected chi connectivity index (χ1v) is 5.78. The van der Waals surface area contributed by atoms with Crippen LogP contribution in [-0.4, -0.2) is 24.4 Å². The summed E-state index contributed by atoms with van der Waals surface area (Å²) in [6.07, 6.45) is 1.14. The Labute approximate surface area is 100 Å². The van der Waals surface area contributed by atoms with Crippen LogP contribution >= 0.6 is 0 Å². The van der Waals surface area contributed by atoms with Crippen LogP contribution in [0.25, 0.3) is 0 Å². The normalized spacial score (nSPS) is 18.8. The van der Waals surface area contributed by atoms with Crippen molar-refractivity contribution in [2.24, 2.45) is 0 Å². The van der Waals surface area contributed by atoms with Crippen molar-refractivity contribution in [1.29, 1.82) is 0 Å². The SMILES string of the molecule is COc1cc(F)ccc1[C@@H](OC1CC1)[C@H](C)O. The fourth-order valence-electron chi connectivity index (χ4n) is 1.78. The topological polar surface area (TPSA) is 38.7 Å². The molecule has 0 radical (unpaired) electrons. The van der Waals surface area contributed by atoms with Crippen LogP contribution in [0.2, 0.25) is 0 Å². The van der Waals surface area contributed by atoms with Gasteiger partial charge in [-0.15, -0.1) is 0 Å². The van der Waals surface area contributed by atoms with Gasteiger partial charge in [-0.3, -0.25) is 0 Å². The smallest absolute Gasteiger partial charge is 0.127 e. The van der Waals surface area contributed by atoms with E-state index in [1.54, 1.807) is 13.0 Å². The van der Waals surface area contributed by atoms with Gasteiger partial charge in [0.05, 0.1) is 19.3 Å². The second-order valence-electron chi connectivity index (χ2n) is 4.38. The predicted molar refractivity (Wildman–Crippen MR) is 61.5 cm³/mol. The molecule has 2 rings (SSSR count). The van der Waals surface area contributed by atoms with E-state index < -0.39 is 12.2 Å². The Hall–Kier alpha value is -1.13. The number of rotatable bonds is 5. The van der Waals surface area contributed by atoms with Crippen molar-refractivity contribution in [2.45, 2.75) is 38.1 Å². The van der Waals surface area contributed by atoms with Gasteiger partial charge in [0.15, 0.2) is 0 Å². The summed E-state index contributed by atoms with van der Waals surface area (Å²) in [5, 5.41) is 9.76. The lowest BCUT2D eigenvalue weighted by atomic mass is 10.0. The maximum atomic E-state index is 13.1. The molecule has 1 aromatic rings. The average Bonchev–Trinajstić information content (AvgIpc) is 3.09. The van der Waals surface area contributed by atoms with Crippen LogP contribution in [0.15, 0.2) is 18.2 Å². The third-order valence-electron chi connectivity index (χ3n) is 2.80. The van der Waals surface area contributed by atoms with Crippen molar-refractivity contribution in [3.63, 3.8) is 0 Å². The zero-order valence-corrected chi connectivity index (χ0v) is 10.0. The Morgan fingerprint density at radius 2 is 2.12 bits per heavy atom. The molecule has 1 fully saturated rings. The lowest BCUT2D eigenvalue weighted by molar-refractivity contribution is -0.0413. The number of hydrogen-bond donors (Lipinski definition) is 1. The third kappa shape index (κ3) is 2.96. The zero-order valence-electron chi connectivity index (χ0n) is 10.0. The monoisotopic (exact) mass is 240 g/mol. The Morgan fingerprint density at radius 1 is 1.41 bits per heavy atom. The van der Waals surface area contributed by atoms with Crippen LogP contribution in [0.3, 0.4) is 0 Å². The molecule has 2 atom stereocenters. The Bertz CT molecular complexity index is 388. The van der Waals surface area contributed by atoms with E-state index in [1.165, 1.54) is 19.2 Å². The minimum Gasteiger partial charge on any atom is -0.496 e. The molecule has 0 spiro atoms. The largest absolute Gasteiger partial charge is 0.496 e. The molecular formula is C13H17FO3. The second kappa shape index (κ2) is 5.02. The van der Waals surface area contributed by atoms with Gasteiger partial charge in [0, 0.05) is 11.6 Å². The maximum absolute atomic E-state index is 13.1. The second-order valence-corrected chi connectivity index (χ2v) is 4.38. The summed E-state index contributed by atoms with van der Waals surface area (Å²) < 4.78 is 24.0. The van der Waals surface area contributed by atoms with E-state index in [2.05, 4.69) is 0 Å². The van der Waals surface area contributed by atoms with Crippen LogP contribution in [0.5, 0.6) is 5.75 Å². The van der Waals surface area contributed by atoms with Gasteiger partial charge in [0.25, 0.3) is 0 Å². The molecule has 4 heteroatoms. The lowest BCUT2D eigenvalue weighted by Gasteiger charge is -2.23. The van der Waals surface area contributed by atoms with E-state index >= 15 is 0 Å². The molecule has 17 heavy (non-hydrogen) atoms. The molecule has 3 nitrogen and oxygen atoms in total. The highest BCUT2D eigenvalue weighted by Crippen LogP contribution is 2.36. The summed E-state index contributed by atoms with van der Waals surface area (Å²) in [6, 6.07) is 4.26. The molecule has 0 aliphatic heterocycles. The van der Waals surface area contributed by atoms with Crippen molar-refractivity contribution >= 4 is 0 Å². The summed E-state index contributed by atoms with van der Waals surface area (Å²) in [4.78, 5) is 0. The predicted octanol–water partition coefficient (Wildman–Crippen LogP) is 2.44. The molecular weight excluding hydrogens is 223 g/mol. The van der Waals surface area contributed by atoms with Crippen LogP contribution < -0.4 is 4.74 Å². The molecule has 1 aliphatic rings. The molecule has 0 aromatic heterocycles. The van der Waals surface area contributed by atoms with E-state index in [9.17, 15) is 9.50 Å². The van der Waals surface area contributed by atoms with E-state index in [1.807, 2.05) is 0 Å². The zero-order chi connectivity index (χ0) is 12.4. The van der Waals surface area contributed by atoms with Crippen LogP contribution in [0.4, 0.5) is 4.39 Å². The minimum atomic E-state index is -0.657. The fraction of sp³-hybridized carbons (Fsp3) is 0.538. The van der Waals surface area contributed by atoms with E-state index in [-0.39, 0.29) is 11.9 Å². The first-order chi connectivity index (χ1) is 8.11. The number of aliphatic hydroxyl groups is 1. The molecule has 0 saturated heterocycles. The molecule has 1 aromatic carbocycles. The van der Waals surface area contributed by atoms with E-state index in [0.717, 1.165) is 12.8 Å². The van der Waals surface area contributed by atoms with Gasteiger partial charge in [0.2, 0.25) is 0 Å². The van der Waals surface area contributed by atoms with Gasteiger partial charge in [-0.1, -0.05) is 0 Å². The maximum Gasteiger partial charge on any atom is 0.127 e. The van der Waals surface area contributed by atoms with Crippen LogP contribution in [0.1, 0.15) is 31.4 Å². The molecule has 94 valence electrons. The van der Waals surface area contributed by atoms with Gasteiger partial charge >= 0.3 is 0 Å². The van der Waals surface area contributed by atoms with Gasteiger partial charge in [-0.25, -0.2) is 4.39 Å². The summed E-state index contributed by atoms with van der Waals surface area (Å²) in [6.45, 7) is 1.66. The van der Waals surface area contributed by atoms with Gasteiger partial charge < -0.3 is 14.6 Å². The lowest BCUT2D eigenvalue weighted by Crippen LogP contribution is -2.19. The number of benzene rings is 1. The molecule has 0 heterocycles. The first kappa shape index (κ1) is 12.3. The number of aliphatic hydroxyl groups excluding tert-OH is 1. The molecule has 1 saturated carbocycles. The highest BCUT2D eigenvalue weighted by Gasteiger charge is 2.31. The number of halogens is 1. The van der Waals surface area contributed by atoms with Crippen molar-refractivity contribution < 1.29 is 19.0 Å². The van der Waals surface area contributed by atoms with Crippen LogP contribution in [-0.2, 0) is 4.74 Å². The minimum absolute atomic E-state index is 0.212. The Kier molecular flexibility index (Phi) is 3.64. The highest BCUT2D eigenvalue weighted by molar-refractivity contribution is 5.36. The summed E-state index contributed by atoms with van der Waals surface area (Å²) >= 11 is 0. The molecule has 0 amide bonds. The first-order valence-electron chi connectivity index (χ1n) is 5.78. The number of methoxy groups -OCH3 is 1. The Morgan fingerprint density at radius 3 is 2.65 bits per heavy atom. The standard InChI is InChI=1S/C13H17FO3/c1-8(15)13(17-10-4-5-10)11-6-3-9(14)7-12(11)16-2/h3,6-8,10,13,15H,4-5H2,1-2H3/t8-,13-/m0/s1. The van der Waals surface area contributed by atoms with E-state index in [4.69, 9.17) is 9.47 Å².